The monoisotopic (exact) mass is 263 g/mol. The minimum absolute atomic E-state index is 0.0136. The number of likely N-dealkylation sites (tertiary alicyclic amines) is 1. The first kappa shape index (κ1) is 13.3. The van der Waals surface area contributed by atoms with Crippen molar-refractivity contribution in [1.82, 2.24) is 14.9 Å². The second-order valence-corrected chi connectivity index (χ2v) is 4.18. The van der Waals surface area contributed by atoms with Crippen LogP contribution in [0.3, 0.4) is 0 Å². The molecule has 19 heavy (non-hydrogen) atoms. The second-order valence-electron chi connectivity index (χ2n) is 4.18. The van der Waals surface area contributed by atoms with Gasteiger partial charge in [0.2, 0.25) is 5.91 Å². The third-order valence-electron chi connectivity index (χ3n) is 2.87. The molecule has 0 aliphatic carbocycles. The predicted molar refractivity (Wildman–Crippen MR) is 69.0 cm³/mol. The van der Waals surface area contributed by atoms with Gasteiger partial charge in [-0.15, -0.1) is 0 Å². The van der Waals surface area contributed by atoms with Crippen molar-refractivity contribution < 1.29 is 14.3 Å². The molecule has 0 bridgehead atoms. The third kappa shape index (κ3) is 3.21. The number of rotatable bonds is 4. The van der Waals surface area contributed by atoms with Gasteiger partial charge in [-0.05, 0) is 13.0 Å². The third-order valence-corrected chi connectivity index (χ3v) is 2.87. The molecule has 1 fully saturated rings. The normalized spacial score (nSPS) is 18.8. The minimum Gasteiger partial charge on any atom is -0.477 e. The first-order chi connectivity index (χ1) is 9.24. The molecule has 1 unspecified atom stereocenters. The summed E-state index contributed by atoms with van der Waals surface area (Å²) in [6, 6.07) is 0. The Balaban J connectivity index is 1.97. The van der Waals surface area contributed by atoms with Crippen LogP contribution in [0.15, 0.2) is 24.5 Å². The van der Waals surface area contributed by atoms with Crippen LogP contribution in [0.4, 0.5) is 0 Å². The van der Waals surface area contributed by atoms with Gasteiger partial charge in [0.15, 0.2) is 0 Å². The zero-order valence-corrected chi connectivity index (χ0v) is 11.1. The van der Waals surface area contributed by atoms with Crippen LogP contribution in [0.1, 0.15) is 13.3 Å². The summed E-state index contributed by atoms with van der Waals surface area (Å²) >= 11 is 0. The largest absolute Gasteiger partial charge is 0.477 e. The number of nitrogens with zero attached hydrogens (tertiary/aromatic N) is 3. The smallest absolute Gasteiger partial charge is 0.278 e. The van der Waals surface area contributed by atoms with Gasteiger partial charge < -0.3 is 14.4 Å². The van der Waals surface area contributed by atoms with Crippen molar-refractivity contribution >= 4 is 5.91 Å². The van der Waals surface area contributed by atoms with Crippen LogP contribution >= 0.6 is 0 Å². The summed E-state index contributed by atoms with van der Waals surface area (Å²) in [4.78, 5) is 21.6. The van der Waals surface area contributed by atoms with Crippen LogP contribution in [0.25, 0.3) is 0 Å². The molecule has 1 aliphatic rings. The van der Waals surface area contributed by atoms with Crippen molar-refractivity contribution in [1.29, 1.82) is 0 Å². The molecule has 1 amide bonds. The summed E-state index contributed by atoms with van der Waals surface area (Å²) in [7, 11) is 1.52. The zero-order chi connectivity index (χ0) is 13.7. The predicted octanol–water partition coefficient (Wildman–Crippen LogP) is 1.04. The van der Waals surface area contributed by atoms with E-state index >= 15 is 0 Å². The Kier molecular flexibility index (Phi) is 4.33. The van der Waals surface area contributed by atoms with E-state index in [2.05, 4.69) is 9.97 Å². The fourth-order valence-electron chi connectivity index (χ4n) is 1.96. The summed E-state index contributed by atoms with van der Waals surface area (Å²) in [6.45, 7) is 3.08. The van der Waals surface area contributed by atoms with Crippen LogP contribution in [0.2, 0.25) is 0 Å². The Morgan fingerprint density at radius 2 is 2.16 bits per heavy atom. The maximum Gasteiger partial charge on any atom is 0.278 e. The molecule has 1 aliphatic heterocycles. The van der Waals surface area contributed by atoms with E-state index in [1.54, 1.807) is 29.4 Å². The van der Waals surface area contributed by atoms with Crippen molar-refractivity contribution in [2.75, 3.05) is 20.2 Å². The highest BCUT2D eigenvalue weighted by Crippen LogP contribution is 2.23. The van der Waals surface area contributed by atoms with Gasteiger partial charge in [0.25, 0.3) is 11.8 Å². The van der Waals surface area contributed by atoms with Gasteiger partial charge in [-0.3, -0.25) is 4.79 Å². The number of aromatic nitrogens is 2. The Labute approximate surface area is 112 Å². The van der Waals surface area contributed by atoms with Crippen molar-refractivity contribution in [3.8, 4) is 11.8 Å². The fraction of sp³-hybridized carbons (Fsp3) is 0.462. The van der Waals surface area contributed by atoms with Crippen LogP contribution in [0.5, 0.6) is 11.8 Å². The molecule has 1 aromatic rings. The molecule has 6 heteroatoms. The van der Waals surface area contributed by atoms with Crippen molar-refractivity contribution in [3.05, 3.63) is 24.5 Å². The van der Waals surface area contributed by atoms with Gasteiger partial charge >= 0.3 is 0 Å². The van der Waals surface area contributed by atoms with E-state index in [4.69, 9.17) is 9.47 Å². The molecule has 2 heterocycles. The number of carbonyl (C=O) groups is 1. The number of hydrogen-bond donors (Lipinski definition) is 0. The molecule has 0 radical (unpaired) electrons. The number of ether oxygens (including phenoxy) is 2. The van der Waals surface area contributed by atoms with Crippen molar-refractivity contribution in [3.63, 3.8) is 0 Å². The lowest BCUT2D eigenvalue weighted by Crippen LogP contribution is -2.29. The Morgan fingerprint density at radius 1 is 1.42 bits per heavy atom. The van der Waals surface area contributed by atoms with E-state index in [-0.39, 0.29) is 12.0 Å². The highest BCUT2D eigenvalue weighted by Gasteiger charge is 2.27. The van der Waals surface area contributed by atoms with E-state index in [0.717, 1.165) is 6.42 Å². The average Bonchev–Trinajstić information content (AvgIpc) is 2.88. The number of amides is 1. The van der Waals surface area contributed by atoms with Crippen LogP contribution < -0.4 is 9.47 Å². The average molecular weight is 263 g/mol. The summed E-state index contributed by atoms with van der Waals surface area (Å²) in [6.07, 6.45) is 7.11. The molecule has 0 aromatic carbocycles. The Hall–Kier alpha value is -2.11. The van der Waals surface area contributed by atoms with Gasteiger partial charge in [0, 0.05) is 25.4 Å². The summed E-state index contributed by atoms with van der Waals surface area (Å²) < 4.78 is 10.8. The van der Waals surface area contributed by atoms with Crippen molar-refractivity contribution in [2.45, 2.75) is 19.4 Å². The number of carbonyl (C=O) groups excluding carboxylic acids is 1. The molecule has 0 spiro atoms. The highest BCUT2D eigenvalue weighted by atomic mass is 16.5. The molecule has 1 aromatic heterocycles. The summed E-state index contributed by atoms with van der Waals surface area (Å²) in [5.74, 6) is 0.746. The van der Waals surface area contributed by atoms with Gasteiger partial charge in [-0.1, -0.05) is 6.08 Å². The molecule has 102 valence electrons. The molecular formula is C13H17N3O3. The van der Waals surface area contributed by atoms with Gasteiger partial charge in [-0.25, -0.2) is 9.97 Å². The van der Waals surface area contributed by atoms with Gasteiger partial charge in [-0.2, -0.15) is 0 Å². The quantitative estimate of drug-likeness (QED) is 0.759. The minimum atomic E-state index is -0.0696. The van der Waals surface area contributed by atoms with E-state index in [0.29, 0.717) is 24.8 Å². The van der Waals surface area contributed by atoms with Gasteiger partial charge in [0.1, 0.15) is 6.10 Å². The zero-order valence-electron chi connectivity index (χ0n) is 11.1. The number of hydrogen-bond acceptors (Lipinski definition) is 5. The Bertz CT molecular complexity index is 476. The maximum atomic E-state index is 11.7. The molecule has 0 saturated carbocycles. The van der Waals surface area contributed by atoms with Crippen LogP contribution in [-0.4, -0.2) is 47.1 Å². The van der Waals surface area contributed by atoms with Crippen LogP contribution in [-0.2, 0) is 4.79 Å². The number of allylic oxidation sites excluding steroid dienone is 1. The van der Waals surface area contributed by atoms with E-state index in [1.807, 2.05) is 6.92 Å². The fourth-order valence-corrected chi connectivity index (χ4v) is 1.96. The SMILES string of the molecule is C/C=C/C(=O)N1CCC(Oc2nccnc2OC)C1. The van der Waals surface area contributed by atoms with E-state index in [1.165, 1.54) is 7.11 Å². The van der Waals surface area contributed by atoms with Gasteiger partial charge in [0.05, 0.1) is 13.7 Å². The molecular weight excluding hydrogens is 246 g/mol. The molecule has 0 N–H and O–H groups in total. The first-order valence-electron chi connectivity index (χ1n) is 6.18. The maximum absolute atomic E-state index is 11.7. The number of methoxy groups -OCH3 is 1. The molecule has 1 saturated heterocycles. The Morgan fingerprint density at radius 3 is 2.84 bits per heavy atom. The second kappa shape index (κ2) is 6.17. The van der Waals surface area contributed by atoms with Crippen molar-refractivity contribution in [2.24, 2.45) is 0 Å². The van der Waals surface area contributed by atoms with E-state index < -0.39 is 0 Å². The van der Waals surface area contributed by atoms with Crippen LogP contribution in [0, 0.1) is 0 Å². The lowest BCUT2D eigenvalue weighted by Gasteiger charge is -2.15. The van der Waals surface area contributed by atoms with E-state index in [9.17, 15) is 4.79 Å². The molecule has 1 atom stereocenters. The lowest BCUT2D eigenvalue weighted by atomic mass is 10.3. The lowest BCUT2D eigenvalue weighted by molar-refractivity contribution is -0.125. The topological polar surface area (TPSA) is 64.6 Å². The molecule has 6 nitrogen and oxygen atoms in total. The summed E-state index contributed by atoms with van der Waals surface area (Å²) in [5.41, 5.74) is 0. The molecule has 2 rings (SSSR count). The summed E-state index contributed by atoms with van der Waals surface area (Å²) in [5, 5.41) is 0. The standard InChI is InChI=1S/C13H17N3O3/c1-3-4-11(17)16-8-5-10(9-16)19-13-12(18-2)14-6-7-15-13/h3-4,6-7,10H,5,8-9H2,1-2H3/b4-3+. The first-order valence-corrected chi connectivity index (χ1v) is 6.18. The highest BCUT2D eigenvalue weighted by molar-refractivity contribution is 5.87.